The third-order valence-corrected chi connectivity index (χ3v) is 6.26. The minimum Gasteiger partial charge on any atom is -0.392 e. The predicted octanol–water partition coefficient (Wildman–Crippen LogP) is 2.42. The minimum absolute atomic E-state index is 0.418. The van der Waals surface area contributed by atoms with E-state index in [4.69, 9.17) is 4.98 Å². The SMILES string of the molecule is C[C@@H](O)Cn1c2cnccc2c2cnc(Nc3ccc(N4CCC(N(C)C)CC4)nn3)nc21. The van der Waals surface area contributed by atoms with Gasteiger partial charge in [-0.25, -0.2) is 4.98 Å². The molecule has 1 atom stereocenters. The molecule has 10 nitrogen and oxygen atoms in total. The molecule has 4 aromatic heterocycles. The summed E-state index contributed by atoms with van der Waals surface area (Å²) in [6.45, 7) is 4.13. The van der Waals surface area contributed by atoms with Crippen LogP contribution in [0.3, 0.4) is 0 Å². The van der Waals surface area contributed by atoms with E-state index in [9.17, 15) is 5.11 Å². The van der Waals surface area contributed by atoms with Gasteiger partial charge in [-0.3, -0.25) is 4.98 Å². The summed E-state index contributed by atoms with van der Waals surface area (Å²) in [6.07, 6.45) is 7.06. The monoisotopic (exact) mass is 447 g/mol. The molecular formula is C23H29N9O. The van der Waals surface area contributed by atoms with Crippen LogP contribution in [0.4, 0.5) is 17.6 Å². The molecule has 1 fully saturated rings. The number of nitrogens with one attached hydrogen (secondary N) is 1. The molecule has 1 aliphatic rings. The van der Waals surface area contributed by atoms with Crippen molar-refractivity contribution in [3.63, 3.8) is 0 Å². The maximum absolute atomic E-state index is 10.00. The van der Waals surface area contributed by atoms with Crippen molar-refractivity contribution in [2.45, 2.75) is 38.5 Å². The molecule has 172 valence electrons. The molecule has 0 amide bonds. The zero-order valence-electron chi connectivity index (χ0n) is 19.2. The van der Waals surface area contributed by atoms with Gasteiger partial charge in [-0.1, -0.05) is 0 Å². The number of hydrogen-bond donors (Lipinski definition) is 2. The summed E-state index contributed by atoms with van der Waals surface area (Å²) in [4.78, 5) is 18.0. The molecule has 0 aromatic carbocycles. The van der Waals surface area contributed by atoms with E-state index in [-0.39, 0.29) is 0 Å². The van der Waals surface area contributed by atoms with E-state index in [0.717, 1.165) is 53.7 Å². The van der Waals surface area contributed by atoms with Crippen LogP contribution >= 0.6 is 0 Å². The normalized spacial score (nSPS) is 16.1. The zero-order chi connectivity index (χ0) is 22.9. The number of fused-ring (bicyclic) bond motifs is 3. The molecule has 5 heterocycles. The van der Waals surface area contributed by atoms with E-state index < -0.39 is 6.10 Å². The molecule has 0 bridgehead atoms. The smallest absolute Gasteiger partial charge is 0.230 e. The number of hydrogen-bond acceptors (Lipinski definition) is 9. The number of pyridine rings is 1. The Bertz CT molecular complexity index is 1240. The van der Waals surface area contributed by atoms with Gasteiger partial charge in [0.2, 0.25) is 5.95 Å². The van der Waals surface area contributed by atoms with Crippen molar-refractivity contribution < 1.29 is 5.11 Å². The van der Waals surface area contributed by atoms with Gasteiger partial charge in [-0.15, -0.1) is 10.2 Å². The molecule has 0 spiro atoms. The molecule has 0 unspecified atom stereocenters. The molecule has 4 aromatic rings. The van der Waals surface area contributed by atoms with Crippen LogP contribution in [0.15, 0.2) is 36.8 Å². The van der Waals surface area contributed by atoms with E-state index in [0.29, 0.717) is 24.4 Å². The van der Waals surface area contributed by atoms with Crippen molar-refractivity contribution >= 4 is 39.5 Å². The Kier molecular flexibility index (Phi) is 5.77. The highest BCUT2D eigenvalue weighted by molar-refractivity contribution is 6.06. The van der Waals surface area contributed by atoms with E-state index in [1.165, 1.54) is 0 Å². The molecule has 1 saturated heterocycles. The lowest BCUT2D eigenvalue weighted by Gasteiger charge is -2.35. The second-order valence-corrected chi connectivity index (χ2v) is 8.87. The van der Waals surface area contributed by atoms with Crippen LogP contribution in [0.2, 0.25) is 0 Å². The first-order valence-electron chi connectivity index (χ1n) is 11.3. The second kappa shape index (κ2) is 8.87. The van der Waals surface area contributed by atoms with Crippen LogP contribution in [0.1, 0.15) is 19.8 Å². The van der Waals surface area contributed by atoms with E-state index >= 15 is 0 Å². The lowest BCUT2D eigenvalue weighted by molar-refractivity contribution is 0.176. The quantitative estimate of drug-likeness (QED) is 0.461. The van der Waals surface area contributed by atoms with E-state index in [2.05, 4.69) is 49.4 Å². The molecule has 0 aliphatic carbocycles. The molecule has 5 rings (SSSR count). The molecule has 2 N–H and O–H groups in total. The first-order chi connectivity index (χ1) is 16.0. The van der Waals surface area contributed by atoms with E-state index in [1.807, 2.05) is 22.8 Å². The molecular weight excluding hydrogens is 418 g/mol. The summed E-state index contributed by atoms with van der Waals surface area (Å²) >= 11 is 0. The molecule has 0 saturated carbocycles. The Labute approximate surface area is 192 Å². The average molecular weight is 448 g/mol. The number of aliphatic hydroxyl groups is 1. The van der Waals surface area contributed by atoms with Gasteiger partial charge in [-0.05, 0) is 52.1 Å². The highest BCUT2D eigenvalue weighted by Gasteiger charge is 2.21. The molecule has 0 radical (unpaired) electrons. The Morgan fingerprint density at radius 1 is 1.12 bits per heavy atom. The number of nitrogens with zero attached hydrogens (tertiary/aromatic N) is 8. The molecule has 10 heteroatoms. The Morgan fingerprint density at radius 3 is 2.64 bits per heavy atom. The Balaban J connectivity index is 1.36. The van der Waals surface area contributed by atoms with Crippen LogP contribution in [0.25, 0.3) is 21.9 Å². The summed E-state index contributed by atoms with van der Waals surface area (Å²) in [5, 5.41) is 23.9. The molecule has 33 heavy (non-hydrogen) atoms. The van der Waals surface area contributed by atoms with Crippen LogP contribution in [0.5, 0.6) is 0 Å². The number of rotatable bonds is 6. The van der Waals surface area contributed by atoms with Crippen LogP contribution in [-0.2, 0) is 6.54 Å². The van der Waals surface area contributed by atoms with Gasteiger partial charge >= 0.3 is 0 Å². The van der Waals surface area contributed by atoms with Crippen LogP contribution < -0.4 is 10.2 Å². The van der Waals surface area contributed by atoms with Crippen molar-refractivity contribution in [2.75, 3.05) is 37.4 Å². The van der Waals surface area contributed by atoms with Crippen LogP contribution in [0, 0.1) is 0 Å². The second-order valence-electron chi connectivity index (χ2n) is 8.87. The van der Waals surface area contributed by atoms with Gasteiger partial charge in [-0.2, -0.15) is 4.98 Å². The summed E-state index contributed by atoms with van der Waals surface area (Å²) in [6, 6.07) is 6.46. The van der Waals surface area contributed by atoms with Gasteiger partial charge in [0.05, 0.1) is 24.4 Å². The fraction of sp³-hybridized carbons (Fsp3) is 0.435. The fourth-order valence-electron chi connectivity index (χ4n) is 4.51. The summed E-state index contributed by atoms with van der Waals surface area (Å²) in [7, 11) is 4.28. The average Bonchev–Trinajstić information content (AvgIpc) is 3.12. The van der Waals surface area contributed by atoms with Crippen molar-refractivity contribution in [3.05, 3.63) is 36.8 Å². The Morgan fingerprint density at radius 2 is 1.94 bits per heavy atom. The summed E-state index contributed by atoms with van der Waals surface area (Å²) in [5.41, 5.74) is 1.66. The lowest BCUT2D eigenvalue weighted by atomic mass is 10.0. The summed E-state index contributed by atoms with van der Waals surface area (Å²) < 4.78 is 1.97. The topological polar surface area (TPSA) is 108 Å². The lowest BCUT2D eigenvalue weighted by Crippen LogP contribution is -2.42. The third-order valence-electron chi connectivity index (χ3n) is 6.26. The van der Waals surface area contributed by atoms with Gasteiger partial charge < -0.3 is 24.8 Å². The molecule has 1 aliphatic heterocycles. The van der Waals surface area contributed by atoms with Gasteiger partial charge in [0.1, 0.15) is 5.65 Å². The highest BCUT2D eigenvalue weighted by atomic mass is 16.3. The first kappa shape index (κ1) is 21.5. The predicted molar refractivity (Wildman–Crippen MR) is 129 cm³/mol. The van der Waals surface area contributed by atoms with Crippen molar-refractivity contribution in [3.8, 4) is 0 Å². The summed E-state index contributed by atoms with van der Waals surface area (Å²) in [5.74, 6) is 1.90. The fourth-order valence-corrected chi connectivity index (χ4v) is 4.51. The van der Waals surface area contributed by atoms with Crippen molar-refractivity contribution in [2.24, 2.45) is 0 Å². The van der Waals surface area contributed by atoms with Crippen molar-refractivity contribution in [1.29, 1.82) is 0 Å². The highest BCUT2D eigenvalue weighted by Crippen LogP contribution is 2.28. The first-order valence-corrected chi connectivity index (χ1v) is 11.3. The maximum Gasteiger partial charge on any atom is 0.230 e. The number of aromatic nitrogens is 6. The number of piperidine rings is 1. The number of anilines is 3. The van der Waals surface area contributed by atoms with Gasteiger partial charge in [0.15, 0.2) is 11.6 Å². The van der Waals surface area contributed by atoms with Gasteiger partial charge in [0, 0.05) is 42.3 Å². The van der Waals surface area contributed by atoms with E-state index in [1.54, 1.807) is 25.5 Å². The standard InChI is InChI=1S/C23H29N9O/c1-15(33)14-32-19-13-24-9-6-17(19)18-12-25-23(27-22(18)32)26-20-4-5-21(29-28-20)31-10-7-16(8-11-31)30(2)3/h4-6,9,12-13,15-16,33H,7-8,10-11,14H2,1-3H3,(H,25,26,27,28)/t15-/m1/s1. The minimum atomic E-state index is -0.517. The Hall–Kier alpha value is -3.37. The van der Waals surface area contributed by atoms with Crippen LogP contribution in [-0.4, -0.2) is 79.1 Å². The third kappa shape index (κ3) is 4.31. The van der Waals surface area contributed by atoms with Gasteiger partial charge in [0.25, 0.3) is 0 Å². The van der Waals surface area contributed by atoms with Crippen molar-refractivity contribution in [1.82, 2.24) is 34.6 Å². The largest absolute Gasteiger partial charge is 0.392 e. The maximum atomic E-state index is 10.00. The number of aliphatic hydroxyl groups excluding tert-OH is 1. The zero-order valence-corrected chi connectivity index (χ0v) is 19.2.